The normalized spacial score (nSPS) is 19.9. The van der Waals surface area contributed by atoms with Gasteiger partial charge < -0.3 is 9.80 Å². The summed E-state index contributed by atoms with van der Waals surface area (Å²) >= 11 is 10.8. The maximum Gasteiger partial charge on any atom is 0.189 e. The van der Waals surface area contributed by atoms with Crippen LogP contribution in [0.5, 0.6) is 0 Å². The first-order valence-electron chi connectivity index (χ1n) is 8.76. The first-order chi connectivity index (χ1) is 11.6. The van der Waals surface area contributed by atoms with Crippen molar-refractivity contribution in [3.05, 3.63) is 0 Å². The van der Waals surface area contributed by atoms with Gasteiger partial charge in [0.15, 0.2) is 10.2 Å². The van der Waals surface area contributed by atoms with Crippen LogP contribution in [0.25, 0.3) is 0 Å². The van der Waals surface area contributed by atoms with Crippen molar-refractivity contribution in [3.8, 4) is 0 Å². The third-order valence-corrected chi connectivity index (χ3v) is 5.15. The molecule has 134 valence electrons. The molecule has 2 aliphatic rings. The molecule has 0 aromatic heterocycles. The predicted octanol–water partition coefficient (Wildman–Crippen LogP) is 2.46. The Balaban J connectivity index is 1.79. The summed E-state index contributed by atoms with van der Waals surface area (Å²) in [6, 6.07) is 0. The van der Waals surface area contributed by atoms with Crippen molar-refractivity contribution in [3.63, 3.8) is 0 Å². The van der Waals surface area contributed by atoms with Gasteiger partial charge in [0, 0.05) is 26.2 Å². The van der Waals surface area contributed by atoms with Crippen molar-refractivity contribution < 1.29 is 0 Å². The van der Waals surface area contributed by atoms with Gasteiger partial charge in [-0.2, -0.15) is 10.2 Å². The molecular weight excluding hydrogens is 340 g/mol. The molecule has 8 heteroatoms. The second-order valence-corrected chi connectivity index (χ2v) is 7.10. The number of nitrogens with one attached hydrogen (secondary N) is 2. The molecule has 24 heavy (non-hydrogen) atoms. The lowest BCUT2D eigenvalue weighted by Gasteiger charge is -2.28. The number of hydrogen-bond donors (Lipinski definition) is 2. The summed E-state index contributed by atoms with van der Waals surface area (Å²) in [5, 5.41) is 10.1. The molecule has 0 aliphatic carbocycles. The molecular formula is C16H28N6S2. The van der Waals surface area contributed by atoms with Gasteiger partial charge >= 0.3 is 0 Å². The van der Waals surface area contributed by atoms with Crippen LogP contribution in [0, 0.1) is 0 Å². The maximum absolute atomic E-state index is 5.40. The molecule has 0 unspecified atom stereocenters. The van der Waals surface area contributed by atoms with Crippen molar-refractivity contribution in [1.82, 2.24) is 20.7 Å². The fraction of sp³-hybridized carbons (Fsp3) is 0.750. The molecule has 0 amide bonds. The summed E-state index contributed by atoms with van der Waals surface area (Å²) in [7, 11) is 0. The first-order valence-corrected chi connectivity index (χ1v) is 9.58. The zero-order valence-electron chi connectivity index (χ0n) is 14.7. The predicted molar refractivity (Wildman–Crippen MR) is 109 cm³/mol. The van der Waals surface area contributed by atoms with Crippen LogP contribution < -0.4 is 10.9 Å². The number of hydrazone groups is 2. The average molecular weight is 369 g/mol. The SMILES string of the molecule is CC(=N/NC(=S)N1CCCCC1)/C(C)=N/NC(=S)N1CCCCC1. The number of hydrogen-bond acceptors (Lipinski definition) is 4. The van der Waals surface area contributed by atoms with Gasteiger partial charge in [-0.1, -0.05) is 0 Å². The molecule has 0 aromatic carbocycles. The van der Waals surface area contributed by atoms with Crippen LogP contribution >= 0.6 is 24.4 Å². The van der Waals surface area contributed by atoms with Gasteiger partial charge in [-0.25, -0.2) is 0 Å². The zero-order valence-corrected chi connectivity index (χ0v) is 16.3. The van der Waals surface area contributed by atoms with Crippen molar-refractivity contribution in [1.29, 1.82) is 0 Å². The lowest BCUT2D eigenvalue weighted by molar-refractivity contribution is 0.338. The molecule has 2 saturated heterocycles. The fourth-order valence-corrected chi connectivity index (χ4v) is 3.22. The minimum atomic E-state index is 0.693. The molecule has 2 fully saturated rings. The molecule has 0 spiro atoms. The monoisotopic (exact) mass is 368 g/mol. The fourth-order valence-electron chi connectivity index (χ4n) is 2.76. The quantitative estimate of drug-likeness (QED) is 0.453. The van der Waals surface area contributed by atoms with Crippen LogP contribution in [-0.4, -0.2) is 57.6 Å². The zero-order chi connectivity index (χ0) is 17.4. The van der Waals surface area contributed by atoms with Crippen LogP contribution in [-0.2, 0) is 0 Å². The summed E-state index contributed by atoms with van der Waals surface area (Å²) in [4.78, 5) is 4.34. The van der Waals surface area contributed by atoms with Gasteiger partial charge in [-0.3, -0.25) is 10.9 Å². The molecule has 6 nitrogen and oxygen atoms in total. The summed E-state index contributed by atoms with van der Waals surface area (Å²) in [6.45, 7) is 7.88. The Kier molecular flexibility index (Phi) is 7.84. The third-order valence-electron chi connectivity index (χ3n) is 4.45. The lowest BCUT2D eigenvalue weighted by atomic mass is 10.1. The lowest BCUT2D eigenvalue weighted by Crippen LogP contribution is -2.41. The van der Waals surface area contributed by atoms with Crippen molar-refractivity contribution in [2.75, 3.05) is 26.2 Å². The van der Waals surface area contributed by atoms with E-state index in [9.17, 15) is 0 Å². The van der Waals surface area contributed by atoms with Crippen LogP contribution in [0.3, 0.4) is 0 Å². The van der Waals surface area contributed by atoms with Crippen LogP contribution in [0.15, 0.2) is 10.2 Å². The summed E-state index contributed by atoms with van der Waals surface area (Å²) in [6.07, 6.45) is 7.36. The maximum atomic E-state index is 5.40. The van der Waals surface area contributed by atoms with Crippen molar-refractivity contribution >= 4 is 46.1 Å². The minimum absolute atomic E-state index is 0.693. The Labute approximate surface area is 155 Å². The highest BCUT2D eigenvalue weighted by molar-refractivity contribution is 7.80. The minimum Gasteiger partial charge on any atom is -0.348 e. The molecule has 0 aromatic rings. The van der Waals surface area contributed by atoms with Crippen LogP contribution in [0.2, 0.25) is 0 Å². The molecule has 0 atom stereocenters. The number of nitrogens with zero attached hydrogens (tertiary/aromatic N) is 4. The van der Waals surface area contributed by atoms with E-state index in [1.165, 1.54) is 38.5 Å². The summed E-state index contributed by atoms with van der Waals surface area (Å²) < 4.78 is 0. The molecule has 2 heterocycles. The second kappa shape index (κ2) is 9.88. The topological polar surface area (TPSA) is 55.3 Å². The summed E-state index contributed by atoms with van der Waals surface area (Å²) in [5.41, 5.74) is 7.54. The van der Waals surface area contributed by atoms with Crippen LogP contribution in [0.1, 0.15) is 52.4 Å². The number of likely N-dealkylation sites (tertiary alicyclic amines) is 2. The van der Waals surface area contributed by atoms with Gasteiger partial charge in [0.25, 0.3) is 0 Å². The van der Waals surface area contributed by atoms with E-state index >= 15 is 0 Å². The highest BCUT2D eigenvalue weighted by atomic mass is 32.1. The van der Waals surface area contributed by atoms with E-state index in [4.69, 9.17) is 24.4 Å². The molecule has 2 aliphatic heterocycles. The van der Waals surface area contributed by atoms with E-state index in [1.54, 1.807) is 0 Å². The van der Waals surface area contributed by atoms with Crippen molar-refractivity contribution in [2.45, 2.75) is 52.4 Å². The number of rotatable bonds is 3. The van der Waals surface area contributed by atoms with Gasteiger partial charge in [-0.15, -0.1) is 0 Å². The van der Waals surface area contributed by atoms with E-state index in [-0.39, 0.29) is 0 Å². The average Bonchev–Trinajstić information content (AvgIpc) is 2.64. The molecule has 2 N–H and O–H groups in total. The van der Waals surface area contributed by atoms with E-state index in [2.05, 4.69) is 30.9 Å². The van der Waals surface area contributed by atoms with Gasteiger partial charge in [0.1, 0.15) is 0 Å². The number of thiocarbonyl (C=S) groups is 2. The second-order valence-electron chi connectivity index (χ2n) is 6.32. The van der Waals surface area contributed by atoms with E-state index in [0.29, 0.717) is 10.2 Å². The Morgan fingerprint density at radius 2 is 1.00 bits per heavy atom. The van der Waals surface area contributed by atoms with Crippen LogP contribution in [0.4, 0.5) is 0 Å². The largest absolute Gasteiger partial charge is 0.348 e. The third kappa shape index (κ3) is 5.98. The highest BCUT2D eigenvalue weighted by Gasteiger charge is 2.14. The molecule has 2 rings (SSSR count). The molecule has 0 radical (unpaired) electrons. The smallest absolute Gasteiger partial charge is 0.189 e. The molecule has 0 bridgehead atoms. The standard InChI is InChI=1S/C16H28N6S2/c1-13(17-19-15(23)21-9-5-3-6-10-21)14(2)18-20-16(24)22-11-7-4-8-12-22/h3-12H2,1-2H3,(H,19,23)(H,20,24)/b17-13-,18-14+. The molecule has 0 saturated carbocycles. The van der Waals surface area contributed by atoms with E-state index < -0.39 is 0 Å². The van der Waals surface area contributed by atoms with Gasteiger partial charge in [0.2, 0.25) is 0 Å². The van der Waals surface area contributed by atoms with Gasteiger partial charge in [-0.05, 0) is 76.8 Å². The highest BCUT2D eigenvalue weighted by Crippen LogP contribution is 2.09. The Hall–Kier alpha value is -1.28. The van der Waals surface area contributed by atoms with E-state index in [0.717, 1.165) is 37.6 Å². The first kappa shape index (κ1) is 19.1. The number of piperidine rings is 2. The van der Waals surface area contributed by atoms with E-state index in [1.807, 2.05) is 13.8 Å². The van der Waals surface area contributed by atoms with Crippen molar-refractivity contribution in [2.24, 2.45) is 10.2 Å². The Morgan fingerprint density at radius 1 is 0.667 bits per heavy atom. The Morgan fingerprint density at radius 3 is 1.33 bits per heavy atom. The summed E-state index contributed by atoms with van der Waals surface area (Å²) in [5.74, 6) is 0. The Bertz CT molecular complexity index is 459. The van der Waals surface area contributed by atoms with Gasteiger partial charge in [0.05, 0.1) is 11.4 Å².